The van der Waals surface area contributed by atoms with Crippen molar-refractivity contribution in [3.8, 4) is 0 Å². The SMILES string of the molecule is O=C1[C@@H]2[C@@H]3[C@@H]4[C@@H]2[C@H]2[C@H]1[C@@H]3[C@@H]4C21OCCO1. The Kier molecular flexibility index (Phi) is 0.753. The normalized spacial score (nSPS) is 72.9. The van der Waals surface area contributed by atoms with Gasteiger partial charge < -0.3 is 9.47 Å². The van der Waals surface area contributed by atoms with Gasteiger partial charge in [-0.1, -0.05) is 0 Å². The summed E-state index contributed by atoms with van der Waals surface area (Å²) in [6.45, 7) is 1.49. The maximum atomic E-state index is 12.1. The molecule has 7 aliphatic rings. The summed E-state index contributed by atoms with van der Waals surface area (Å²) in [6, 6.07) is 0. The van der Waals surface area contributed by atoms with Crippen molar-refractivity contribution in [2.75, 3.05) is 13.2 Å². The number of carbonyl (C=O) groups is 1. The van der Waals surface area contributed by atoms with E-state index < -0.39 is 0 Å². The van der Waals surface area contributed by atoms with Gasteiger partial charge >= 0.3 is 0 Å². The number of hydrogen-bond acceptors (Lipinski definition) is 3. The summed E-state index contributed by atoms with van der Waals surface area (Å²) in [5, 5.41) is 0. The van der Waals surface area contributed by atoms with Crippen LogP contribution in [0.1, 0.15) is 0 Å². The zero-order chi connectivity index (χ0) is 9.52. The predicted octanol–water partition coefficient (Wildman–Crippen LogP) is 0.296. The molecule has 1 spiro atoms. The lowest BCUT2D eigenvalue weighted by atomic mass is 9.41. The van der Waals surface area contributed by atoms with Gasteiger partial charge in [0.1, 0.15) is 5.78 Å². The van der Waals surface area contributed by atoms with Crippen LogP contribution in [0.25, 0.3) is 0 Å². The highest BCUT2D eigenvalue weighted by molar-refractivity contribution is 5.94. The van der Waals surface area contributed by atoms with Gasteiger partial charge in [0.15, 0.2) is 5.79 Å². The van der Waals surface area contributed by atoms with Crippen molar-refractivity contribution >= 4 is 5.78 Å². The topological polar surface area (TPSA) is 35.5 Å². The maximum Gasteiger partial charge on any atom is 0.175 e. The number of carbonyl (C=O) groups excluding carboxylic acids is 1. The molecule has 6 saturated carbocycles. The first-order valence-electron chi connectivity index (χ1n) is 6.18. The lowest BCUT2D eigenvalue weighted by Gasteiger charge is -2.61. The summed E-state index contributed by atoms with van der Waals surface area (Å²) >= 11 is 0. The van der Waals surface area contributed by atoms with E-state index in [0.717, 1.165) is 25.0 Å². The van der Waals surface area contributed by atoms with Crippen LogP contribution in [0.5, 0.6) is 0 Å². The number of Topliss-reactive ketones (excluding diaryl/α,β-unsaturated/α-hetero) is 1. The number of hydrogen-bond donors (Lipinski definition) is 0. The zero-order valence-electron chi connectivity index (χ0n) is 8.26. The summed E-state index contributed by atoms with van der Waals surface area (Å²) in [7, 11) is 0. The van der Waals surface area contributed by atoms with E-state index in [1.807, 2.05) is 0 Å². The van der Waals surface area contributed by atoms with Crippen LogP contribution in [-0.4, -0.2) is 24.8 Å². The lowest BCUT2D eigenvalue weighted by Crippen LogP contribution is -2.61. The minimum absolute atomic E-state index is 0.276. The summed E-state index contributed by atoms with van der Waals surface area (Å²) in [5.74, 6) is 5.07. The van der Waals surface area contributed by atoms with Crippen LogP contribution >= 0.6 is 0 Å². The van der Waals surface area contributed by atoms with Crippen molar-refractivity contribution < 1.29 is 14.3 Å². The van der Waals surface area contributed by atoms with Crippen molar-refractivity contribution in [3.63, 3.8) is 0 Å². The highest BCUT2D eigenvalue weighted by Gasteiger charge is 2.95. The molecule has 0 N–H and O–H groups in total. The largest absolute Gasteiger partial charge is 0.347 e. The third-order valence-electron chi connectivity index (χ3n) is 6.53. The molecule has 0 aromatic carbocycles. The second-order valence-electron chi connectivity index (χ2n) is 6.23. The van der Waals surface area contributed by atoms with Crippen molar-refractivity contribution in [1.82, 2.24) is 0 Å². The van der Waals surface area contributed by atoms with E-state index in [-0.39, 0.29) is 5.79 Å². The Bertz CT molecular complexity index is 425. The number of ether oxygens (including phenoxy) is 2. The smallest absolute Gasteiger partial charge is 0.175 e. The second-order valence-corrected chi connectivity index (χ2v) is 6.23. The molecule has 15 heavy (non-hydrogen) atoms. The average Bonchev–Trinajstić information content (AvgIpc) is 2.87. The third-order valence-corrected chi connectivity index (χ3v) is 6.53. The lowest BCUT2D eigenvalue weighted by molar-refractivity contribution is -0.225. The fourth-order valence-corrected chi connectivity index (χ4v) is 6.65. The first-order chi connectivity index (χ1) is 7.36. The van der Waals surface area contributed by atoms with E-state index in [9.17, 15) is 4.79 Å². The number of rotatable bonds is 0. The average molecular weight is 204 g/mol. The van der Waals surface area contributed by atoms with Crippen LogP contribution in [0.3, 0.4) is 0 Å². The predicted molar refractivity (Wildman–Crippen MR) is 47.6 cm³/mol. The molecule has 4 bridgehead atoms. The maximum absolute atomic E-state index is 12.1. The highest BCUT2D eigenvalue weighted by Crippen LogP contribution is 2.90. The molecule has 0 radical (unpaired) electrons. The molecule has 1 heterocycles. The Hall–Kier alpha value is -0.410. The van der Waals surface area contributed by atoms with Gasteiger partial charge in [-0.2, -0.15) is 0 Å². The molecule has 78 valence electrons. The van der Waals surface area contributed by atoms with Crippen LogP contribution in [0, 0.1) is 47.3 Å². The molecule has 0 aromatic heterocycles. The first kappa shape index (κ1) is 7.02. The van der Waals surface area contributed by atoms with Gasteiger partial charge in [-0.15, -0.1) is 0 Å². The summed E-state index contributed by atoms with van der Waals surface area (Å²) in [5.41, 5.74) is 0. The Balaban J connectivity index is 1.66. The molecule has 3 heteroatoms. The standard InChI is InChI=1S/C12H12O3/c13-11-7-3-4-6(7)10-8(11)5(3)9(4)12(10)14-1-2-15-12/h3-10H,1-2H2/t3-,4-,5-,6+,7-,8-,9-,10+/m1/s1. The van der Waals surface area contributed by atoms with E-state index in [2.05, 4.69) is 0 Å². The molecule has 1 aliphatic heterocycles. The van der Waals surface area contributed by atoms with Crippen LogP contribution in [0.2, 0.25) is 0 Å². The molecule has 8 atom stereocenters. The molecule has 6 aliphatic carbocycles. The Morgan fingerprint density at radius 1 is 0.933 bits per heavy atom. The molecule has 0 amide bonds. The highest BCUT2D eigenvalue weighted by atomic mass is 16.7. The molecule has 7 rings (SSSR count). The van der Waals surface area contributed by atoms with Crippen LogP contribution in [-0.2, 0) is 14.3 Å². The third kappa shape index (κ3) is 0.388. The van der Waals surface area contributed by atoms with Gasteiger partial charge in [-0.3, -0.25) is 4.79 Å². The zero-order valence-corrected chi connectivity index (χ0v) is 8.26. The quantitative estimate of drug-likeness (QED) is 0.569. The Morgan fingerprint density at radius 2 is 1.67 bits per heavy atom. The Labute approximate surface area is 87.1 Å². The first-order valence-corrected chi connectivity index (χ1v) is 6.18. The van der Waals surface area contributed by atoms with Crippen molar-refractivity contribution in [2.24, 2.45) is 47.3 Å². The van der Waals surface area contributed by atoms with Gasteiger partial charge in [0.05, 0.1) is 13.2 Å². The van der Waals surface area contributed by atoms with Gasteiger partial charge in [-0.25, -0.2) is 0 Å². The minimum atomic E-state index is -0.276. The minimum Gasteiger partial charge on any atom is -0.347 e. The van der Waals surface area contributed by atoms with Gasteiger partial charge in [0.2, 0.25) is 0 Å². The summed E-state index contributed by atoms with van der Waals surface area (Å²) in [4.78, 5) is 12.1. The molecule has 3 nitrogen and oxygen atoms in total. The van der Waals surface area contributed by atoms with Crippen LogP contribution < -0.4 is 0 Å². The summed E-state index contributed by atoms with van der Waals surface area (Å²) in [6.07, 6.45) is 0. The van der Waals surface area contributed by atoms with Crippen molar-refractivity contribution in [1.29, 1.82) is 0 Å². The van der Waals surface area contributed by atoms with Crippen LogP contribution in [0.4, 0.5) is 0 Å². The molecule has 1 saturated heterocycles. The fraction of sp³-hybridized carbons (Fsp3) is 0.917. The van der Waals surface area contributed by atoms with E-state index in [4.69, 9.17) is 9.47 Å². The summed E-state index contributed by atoms with van der Waals surface area (Å²) < 4.78 is 11.9. The molecular weight excluding hydrogens is 192 g/mol. The molecule has 0 aromatic rings. The molecule has 0 unspecified atom stereocenters. The Morgan fingerprint density at radius 3 is 2.33 bits per heavy atom. The van der Waals surface area contributed by atoms with E-state index in [1.165, 1.54) is 0 Å². The van der Waals surface area contributed by atoms with E-state index in [1.54, 1.807) is 0 Å². The van der Waals surface area contributed by atoms with Gasteiger partial charge in [-0.05, 0) is 23.7 Å². The van der Waals surface area contributed by atoms with Gasteiger partial charge in [0.25, 0.3) is 0 Å². The molecule has 7 fully saturated rings. The van der Waals surface area contributed by atoms with E-state index in [0.29, 0.717) is 41.3 Å². The molecular formula is C12H12O3. The fourth-order valence-electron chi connectivity index (χ4n) is 6.65. The van der Waals surface area contributed by atoms with Gasteiger partial charge in [0, 0.05) is 23.7 Å². The second kappa shape index (κ2) is 1.61. The van der Waals surface area contributed by atoms with Crippen molar-refractivity contribution in [3.05, 3.63) is 0 Å². The van der Waals surface area contributed by atoms with Crippen molar-refractivity contribution in [2.45, 2.75) is 5.79 Å². The van der Waals surface area contributed by atoms with Crippen LogP contribution in [0.15, 0.2) is 0 Å². The van der Waals surface area contributed by atoms with E-state index >= 15 is 0 Å². The number of ketones is 1. The monoisotopic (exact) mass is 204 g/mol.